The van der Waals surface area contributed by atoms with Crippen molar-refractivity contribution in [3.05, 3.63) is 42.4 Å². The van der Waals surface area contributed by atoms with Gasteiger partial charge in [-0.15, -0.1) is 0 Å². The van der Waals surface area contributed by atoms with Gasteiger partial charge in [0.15, 0.2) is 0 Å². The standard InChI is InChI=1S/C11H10N2O3S/c1-8-2-3-11(17(14,15)16)9(6-8)10-4-5-12-7-13-10/h2-7H,1H3,(H,14,15,16). The molecule has 0 amide bonds. The first-order valence-corrected chi connectivity index (χ1v) is 6.27. The molecular formula is C11H10N2O3S. The van der Waals surface area contributed by atoms with Gasteiger partial charge in [-0.2, -0.15) is 8.42 Å². The highest BCUT2D eigenvalue weighted by molar-refractivity contribution is 7.86. The number of aryl methyl sites for hydroxylation is 1. The van der Waals surface area contributed by atoms with Crippen LogP contribution in [0.5, 0.6) is 0 Å². The van der Waals surface area contributed by atoms with Crippen LogP contribution in [-0.2, 0) is 10.1 Å². The molecule has 5 nitrogen and oxygen atoms in total. The van der Waals surface area contributed by atoms with E-state index in [-0.39, 0.29) is 4.90 Å². The Bertz CT molecular complexity index is 639. The molecule has 6 heteroatoms. The van der Waals surface area contributed by atoms with Gasteiger partial charge in [0, 0.05) is 11.8 Å². The van der Waals surface area contributed by atoms with E-state index in [4.69, 9.17) is 4.55 Å². The molecule has 1 N–H and O–H groups in total. The molecule has 88 valence electrons. The zero-order chi connectivity index (χ0) is 12.5. The van der Waals surface area contributed by atoms with Crippen molar-refractivity contribution < 1.29 is 13.0 Å². The van der Waals surface area contributed by atoms with Gasteiger partial charge >= 0.3 is 0 Å². The van der Waals surface area contributed by atoms with Crippen LogP contribution in [0.2, 0.25) is 0 Å². The second kappa shape index (κ2) is 4.23. The van der Waals surface area contributed by atoms with E-state index >= 15 is 0 Å². The smallest absolute Gasteiger partial charge is 0.282 e. The minimum Gasteiger partial charge on any atom is -0.282 e. The van der Waals surface area contributed by atoms with Gasteiger partial charge in [0.05, 0.1) is 5.69 Å². The molecule has 0 spiro atoms. The third kappa shape index (κ3) is 2.48. The van der Waals surface area contributed by atoms with E-state index in [1.807, 2.05) is 6.92 Å². The Labute approximate surface area is 98.9 Å². The normalized spacial score (nSPS) is 11.4. The van der Waals surface area contributed by atoms with Gasteiger partial charge in [-0.1, -0.05) is 11.6 Å². The van der Waals surface area contributed by atoms with E-state index in [0.717, 1.165) is 5.56 Å². The summed E-state index contributed by atoms with van der Waals surface area (Å²) in [5.74, 6) is 0. The van der Waals surface area contributed by atoms with Gasteiger partial charge < -0.3 is 0 Å². The van der Waals surface area contributed by atoms with Crippen LogP contribution in [0.15, 0.2) is 41.7 Å². The molecule has 0 aliphatic heterocycles. The summed E-state index contributed by atoms with van der Waals surface area (Å²) >= 11 is 0. The first kappa shape index (κ1) is 11.7. The molecule has 0 saturated heterocycles. The third-order valence-electron chi connectivity index (χ3n) is 2.27. The van der Waals surface area contributed by atoms with Gasteiger partial charge in [-0.25, -0.2) is 9.97 Å². The Kier molecular flexibility index (Phi) is 2.91. The van der Waals surface area contributed by atoms with E-state index in [9.17, 15) is 8.42 Å². The summed E-state index contributed by atoms with van der Waals surface area (Å²) in [6, 6.07) is 6.23. The van der Waals surface area contributed by atoms with E-state index < -0.39 is 10.1 Å². The summed E-state index contributed by atoms with van der Waals surface area (Å²) in [7, 11) is -4.26. The second-order valence-electron chi connectivity index (χ2n) is 3.57. The van der Waals surface area contributed by atoms with Gasteiger partial charge in [0.2, 0.25) is 0 Å². The van der Waals surface area contributed by atoms with E-state index in [0.29, 0.717) is 11.3 Å². The van der Waals surface area contributed by atoms with Crippen LogP contribution in [0.3, 0.4) is 0 Å². The fraction of sp³-hybridized carbons (Fsp3) is 0.0909. The van der Waals surface area contributed by atoms with Crippen molar-refractivity contribution >= 4 is 10.1 Å². The number of aromatic nitrogens is 2. The Morgan fingerprint density at radius 3 is 2.59 bits per heavy atom. The summed E-state index contributed by atoms with van der Waals surface area (Å²) in [4.78, 5) is 7.59. The number of hydrogen-bond donors (Lipinski definition) is 1. The lowest BCUT2D eigenvalue weighted by atomic mass is 10.1. The predicted octanol–water partition coefficient (Wildman–Crippen LogP) is 1.70. The van der Waals surface area contributed by atoms with Crippen molar-refractivity contribution in [1.82, 2.24) is 9.97 Å². The van der Waals surface area contributed by atoms with Gasteiger partial charge in [0.1, 0.15) is 11.2 Å². The lowest BCUT2D eigenvalue weighted by Gasteiger charge is -2.07. The summed E-state index contributed by atoms with van der Waals surface area (Å²) in [6.45, 7) is 1.83. The average molecular weight is 250 g/mol. The van der Waals surface area contributed by atoms with Crippen LogP contribution < -0.4 is 0 Å². The molecule has 0 unspecified atom stereocenters. The maximum absolute atomic E-state index is 11.3. The van der Waals surface area contributed by atoms with Gasteiger partial charge in [0.25, 0.3) is 10.1 Å². The fourth-order valence-electron chi connectivity index (χ4n) is 1.52. The molecule has 0 fully saturated rings. The number of nitrogens with zero attached hydrogens (tertiary/aromatic N) is 2. The Morgan fingerprint density at radius 1 is 1.24 bits per heavy atom. The van der Waals surface area contributed by atoms with Crippen molar-refractivity contribution in [3.8, 4) is 11.3 Å². The van der Waals surface area contributed by atoms with Crippen LogP contribution in [0.25, 0.3) is 11.3 Å². The second-order valence-corrected chi connectivity index (χ2v) is 4.96. The van der Waals surface area contributed by atoms with E-state index in [1.54, 1.807) is 18.2 Å². The summed E-state index contributed by atoms with van der Waals surface area (Å²) in [5, 5.41) is 0. The highest BCUT2D eigenvalue weighted by atomic mass is 32.2. The molecule has 0 aliphatic carbocycles. The number of benzene rings is 1. The molecule has 0 bridgehead atoms. The maximum atomic E-state index is 11.3. The maximum Gasteiger partial charge on any atom is 0.295 e. The van der Waals surface area contributed by atoms with E-state index in [1.165, 1.54) is 18.6 Å². The Balaban J connectivity index is 2.72. The summed E-state index contributed by atoms with van der Waals surface area (Å²) < 4.78 is 31.7. The minimum absolute atomic E-state index is 0.151. The first-order valence-electron chi connectivity index (χ1n) is 4.83. The minimum atomic E-state index is -4.26. The lowest BCUT2D eigenvalue weighted by Crippen LogP contribution is -2.01. The highest BCUT2D eigenvalue weighted by Crippen LogP contribution is 2.26. The molecule has 17 heavy (non-hydrogen) atoms. The average Bonchev–Trinajstić information content (AvgIpc) is 2.28. The third-order valence-corrected chi connectivity index (χ3v) is 3.18. The molecule has 2 aromatic rings. The van der Waals surface area contributed by atoms with Crippen molar-refractivity contribution in [3.63, 3.8) is 0 Å². The SMILES string of the molecule is Cc1ccc(S(=O)(=O)O)c(-c2ccncn2)c1. The van der Waals surface area contributed by atoms with Crippen molar-refractivity contribution in [1.29, 1.82) is 0 Å². The van der Waals surface area contributed by atoms with Crippen molar-refractivity contribution in [2.75, 3.05) is 0 Å². The van der Waals surface area contributed by atoms with Crippen LogP contribution in [-0.4, -0.2) is 22.9 Å². The van der Waals surface area contributed by atoms with Gasteiger partial charge in [-0.3, -0.25) is 4.55 Å². The molecule has 0 aliphatic rings. The predicted molar refractivity (Wildman–Crippen MR) is 62.0 cm³/mol. The molecule has 0 radical (unpaired) electrons. The van der Waals surface area contributed by atoms with Crippen LogP contribution in [0, 0.1) is 6.92 Å². The van der Waals surface area contributed by atoms with Crippen LogP contribution in [0.1, 0.15) is 5.56 Å². The molecule has 1 aromatic heterocycles. The van der Waals surface area contributed by atoms with Crippen LogP contribution >= 0.6 is 0 Å². The first-order chi connectivity index (χ1) is 7.98. The number of hydrogen-bond acceptors (Lipinski definition) is 4. The molecular weight excluding hydrogens is 240 g/mol. The largest absolute Gasteiger partial charge is 0.295 e. The Hall–Kier alpha value is -1.79. The quantitative estimate of drug-likeness (QED) is 0.820. The fourth-order valence-corrected chi connectivity index (χ4v) is 2.20. The topological polar surface area (TPSA) is 80.2 Å². The Morgan fingerprint density at radius 2 is 2.00 bits per heavy atom. The van der Waals surface area contributed by atoms with Crippen LogP contribution in [0.4, 0.5) is 0 Å². The van der Waals surface area contributed by atoms with Gasteiger partial charge in [-0.05, 0) is 25.1 Å². The monoisotopic (exact) mass is 250 g/mol. The molecule has 1 heterocycles. The molecule has 1 aromatic carbocycles. The zero-order valence-corrected chi connectivity index (χ0v) is 9.85. The molecule has 2 rings (SSSR count). The lowest BCUT2D eigenvalue weighted by molar-refractivity contribution is 0.483. The molecule has 0 saturated carbocycles. The zero-order valence-electron chi connectivity index (χ0n) is 9.03. The van der Waals surface area contributed by atoms with E-state index in [2.05, 4.69) is 9.97 Å². The highest BCUT2D eigenvalue weighted by Gasteiger charge is 2.17. The summed E-state index contributed by atoms with van der Waals surface area (Å²) in [5.41, 5.74) is 1.71. The van der Waals surface area contributed by atoms with Crippen molar-refractivity contribution in [2.45, 2.75) is 11.8 Å². The number of rotatable bonds is 2. The van der Waals surface area contributed by atoms with Crippen molar-refractivity contribution in [2.24, 2.45) is 0 Å². The molecule has 0 atom stereocenters. The summed E-state index contributed by atoms with van der Waals surface area (Å²) in [6.07, 6.45) is 2.84.